The number of aliphatic carboxylic acids is 1. The van der Waals surface area contributed by atoms with Gasteiger partial charge in [-0.2, -0.15) is 0 Å². The Morgan fingerprint density at radius 1 is 1.04 bits per heavy atom. The van der Waals surface area contributed by atoms with Crippen LogP contribution in [0.2, 0.25) is 0 Å². The van der Waals surface area contributed by atoms with Crippen LogP contribution in [-0.2, 0) is 22.4 Å². The number of carbonyl (C=O) groups excluding carboxylic acids is 1. The van der Waals surface area contributed by atoms with E-state index in [2.05, 4.69) is 29.6 Å². The Morgan fingerprint density at radius 3 is 2.28 bits per heavy atom. The fourth-order valence-corrected chi connectivity index (χ4v) is 4.60. The molecule has 2 unspecified atom stereocenters. The number of carbonyl (C=O) groups is 2. The molecular formula is C20H26N2O3. The van der Waals surface area contributed by atoms with Crippen molar-refractivity contribution < 1.29 is 14.7 Å². The highest BCUT2D eigenvalue weighted by molar-refractivity contribution is 5.84. The van der Waals surface area contributed by atoms with E-state index in [0.717, 1.165) is 32.1 Å². The van der Waals surface area contributed by atoms with Crippen molar-refractivity contribution in [1.82, 2.24) is 10.2 Å². The van der Waals surface area contributed by atoms with Crippen molar-refractivity contribution >= 4 is 11.9 Å². The molecule has 3 aliphatic rings. The normalized spacial score (nSPS) is 26.6. The molecule has 1 aliphatic heterocycles. The summed E-state index contributed by atoms with van der Waals surface area (Å²) in [6.07, 6.45) is 6.48. The van der Waals surface area contributed by atoms with Crippen molar-refractivity contribution in [2.45, 2.75) is 63.1 Å². The highest BCUT2D eigenvalue weighted by atomic mass is 16.4. The summed E-state index contributed by atoms with van der Waals surface area (Å²) in [5.41, 5.74) is 2.89. The second-order valence-electron chi connectivity index (χ2n) is 7.75. The lowest BCUT2D eigenvalue weighted by molar-refractivity contribution is -0.143. The fraction of sp³-hybridized carbons (Fsp3) is 0.600. The van der Waals surface area contributed by atoms with Gasteiger partial charge in [0.15, 0.2) is 0 Å². The quantitative estimate of drug-likeness (QED) is 0.829. The monoisotopic (exact) mass is 342 g/mol. The lowest BCUT2D eigenvalue weighted by atomic mass is 10.0. The molecule has 5 nitrogen and oxygen atoms in total. The van der Waals surface area contributed by atoms with Crippen molar-refractivity contribution in [3.63, 3.8) is 0 Å². The molecule has 1 aromatic carbocycles. The molecule has 4 rings (SSSR count). The molecule has 0 spiro atoms. The third kappa shape index (κ3) is 3.43. The van der Waals surface area contributed by atoms with Crippen LogP contribution < -0.4 is 5.32 Å². The number of carboxylic acids is 1. The summed E-state index contributed by atoms with van der Waals surface area (Å²) in [6.45, 7) is 0.685. The Balaban J connectivity index is 1.27. The lowest BCUT2D eigenvalue weighted by Crippen LogP contribution is -2.49. The van der Waals surface area contributed by atoms with Crippen LogP contribution in [0, 0.1) is 5.92 Å². The summed E-state index contributed by atoms with van der Waals surface area (Å²) in [4.78, 5) is 26.0. The largest absolute Gasteiger partial charge is 0.480 e. The van der Waals surface area contributed by atoms with Gasteiger partial charge in [-0.25, -0.2) is 0 Å². The van der Waals surface area contributed by atoms with Crippen LogP contribution in [0.15, 0.2) is 24.3 Å². The average Bonchev–Trinajstić information content (AvgIpc) is 3.19. The van der Waals surface area contributed by atoms with Crippen LogP contribution in [0.25, 0.3) is 0 Å². The van der Waals surface area contributed by atoms with E-state index in [1.165, 1.54) is 11.1 Å². The number of rotatable bonds is 6. The molecule has 2 N–H and O–H groups in total. The minimum Gasteiger partial charge on any atom is -0.480 e. The van der Waals surface area contributed by atoms with Gasteiger partial charge in [0.25, 0.3) is 0 Å². The first kappa shape index (κ1) is 16.6. The molecule has 5 heteroatoms. The first-order chi connectivity index (χ1) is 12.1. The third-order valence-corrected chi connectivity index (χ3v) is 5.98. The van der Waals surface area contributed by atoms with Gasteiger partial charge < -0.3 is 10.4 Å². The van der Waals surface area contributed by atoms with Crippen LogP contribution in [0.4, 0.5) is 0 Å². The minimum absolute atomic E-state index is 0.0196. The van der Waals surface area contributed by atoms with Crippen molar-refractivity contribution in [2.24, 2.45) is 5.92 Å². The zero-order valence-corrected chi connectivity index (χ0v) is 14.5. The number of likely N-dealkylation sites (tertiary alicyclic amines) is 1. The molecule has 0 radical (unpaired) electrons. The lowest BCUT2D eigenvalue weighted by Gasteiger charge is -2.27. The number of nitrogens with zero attached hydrogens (tertiary/aromatic N) is 1. The predicted molar refractivity (Wildman–Crippen MR) is 94.3 cm³/mol. The Labute approximate surface area is 148 Å². The molecule has 134 valence electrons. The van der Waals surface area contributed by atoms with Gasteiger partial charge >= 0.3 is 5.97 Å². The molecule has 1 saturated carbocycles. The molecule has 2 atom stereocenters. The number of carboxylic acid groups (broad SMARTS) is 1. The summed E-state index contributed by atoms with van der Waals surface area (Å²) in [5, 5.41) is 12.5. The first-order valence-corrected chi connectivity index (χ1v) is 9.48. The molecule has 1 amide bonds. The Bertz CT molecular complexity index is 646. The molecule has 2 aliphatic carbocycles. The summed E-state index contributed by atoms with van der Waals surface area (Å²) >= 11 is 0. The van der Waals surface area contributed by atoms with Crippen LogP contribution in [0.5, 0.6) is 0 Å². The maximum Gasteiger partial charge on any atom is 0.320 e. The number of amides is 1. The van der Waals surface area contributed by atoms with E-state index < -0.39 is 12.0 Å². The second-order valence-corrected chi connectivity index (χ2v) is 7.75. The van der Waals surface area contributed by atoms with Gasteiger partial charge in [-0.3, -0.25) is 14.5 Å². The summed E-state index contributed by atoms with van der Waals surface area (Å²) in [7, 11) is 0. The van der Waals surface area contributed by atoms with E-state index >= 15 is 0 Å². The number of benzene rings is 1. The van der Waals surface area contributed by atoms with Gasteiger partial charge in [0.2, 0.25) is 5.91 Å². The van der Waals surface area contributed by atoms with Crippen LogP contribution in [0.3, 0.4) is 0 Å². The number of nitrogens with one attached hydrogen (secondary N) is 1. The zero-order valence-electron chi connectivity index (χ0n) is 14.5. The van der Waals surface area contributed by atoms with Crippen molar-refractivity contribution in [1.29, 1.82) is 0 Å². The topological polar surface area (TPSA) is 69.6 Å². The van der Waals surface area contributed by atoms with Crippen molar-refractivity contribution in [2.75, 3.05) is 6.54 Å². The molecule has 0 aromatic heterocycles. The summed E-state index contributed by atoms with van der Waals surface area (Å²) in [6, 6.07) is 8.14. The Kier molecular flexibility index (Phi) is 4.50. The minimum atomic E-state index is -0.786. The molecule has 2 fully saturated rings. The third-order valence-electron chi connectivity index (χ3n) is 5.98. The van der Waals surface area contributed by atoms with E-state index in [1.807, 2.05) is 4.90 Å². The second kappa shape index (κ2) is 6.79. The molecule has 1 saturated heterocycles. The average molecular weight is 342 g/mol. The van der Waals surface area contributed by atoms with Crippen molar-refractivity contribution in [3.05, 3.63) is 35.4 Å². The molecule has 0 bridgehead atoms. The summed E-state index contributed by atoms with van der Waals surface area (Å²) < 4.78 is 0. The molecule has 1 aromatic rings. The maximum atomic E-state index is 12.6. The van der Waals surface area contributed by atoms with E-state index in [4.69, 9.17) is 0 Å². The van der Waals surface area contributed by atoms with Crippen molar-refractivity contribution in [3.8, 4) is 0 Å². The highest BCUT2D eigenvalue weighted by Crippen LogP contribution is 2.37. The molecule has 25 heavy (non-hydrogen) atoms. The van der Waals surface area contributed by atoms with Gasteiger partial charge in [0.05, 0.1) is 6.04 Å². The van der Waals surface area contributed by atoms with Crippen LogP contribution >= 0.6 is 0 Å². The number of hydrogen-bond donors (Lipinski definition) is 2. The van der Waals surface area contributed by atoms with Gasteiger partial charge in [0, 0.05) is 12.6 Å². The smallest absolute Gasteiger partial charge is 0.320 e. The van der Waals surface area contributed by atoms with Crippen LogP contribution in [0.1, 0.15) is 43.2 Å². The summed E-state index contributed by atoms with van der Waals surface area (Å²) in [5.74, 6) is -0.162. The van der Waals surface area contributed by atoms with E-state index in [0.29, 0.717) is 31.3 Å². The number of fused-ring (bicyclic) bond motifs is 1. The van der Waals surface area contributed by atoms with E-state index in [9.17, 15) is 14.7 Å². The van der Waals surface area contributed by atoms with Gasteiger partial charge in [-0.1, -0.05) is 24.3 Å². The first-order valence-electron chi connectivity index (χ1n) is 9.48. The van der Waals surface area contributed by atoms with Crippen LogP contribution in [-0.4, -0.2) is 46.6 Å². The van der Waals surface area contributed by atoms with Gasteiger partial charge in [0.1, 0.15) is 6.04 Å². The highest BCUT2D eigenvalue weighted by Gasteiger charge is 2.48. The predicted octanol–water partition coefficient (Wildman–Crippen LogP) is 1.99. The SMILES string of the molecule is O=C(O)C1CCC(C(=O)NCCC2Cc3ccccc3C2)N1C1CC1. The van der Waals surface area contributed by atoms with E-state index in [-0.39, 0.29) is 11.9 Å². The molecular weight excluding hydrogens is 316 g/mol. The fourth-order valence-electron chi connectivity index (χ4n) is 4.60. The number of hydrogen-bond acceptors (Lipinski definition) is 3. The standard InChI is InChI=1S/C20H26N2O3/c23-19(17-7-8-18(20(24)25)22(17)16-5-6-16)21-10-9-13-11-14-3-1-2-4-15(14)12-13/h1-4,13,16-18H,5-12H2,(H,21,23)(H,24,25). The molecule has 1 heterocycles. The van der Waals surface area contributed by atoms with E-state index in [1.54, 1.807) is 0 Å². The zero-order chi connectivity index (χ0) is 17.4. The maximum absolute atomic E-state index is 12.6. The van der Waals surface area contributed by atoms with Gasteiger partial charge in [-0.05, 0) is 62.0 Å². The Hall–Kier alpha value is -1.88. The Morgan fingerprint density at radius 2 is 1.68 bits per heavy atom. The van der Waals surface area contributed by atoms with Gasteiger partial charge in [-0.15, -0.1) is 0 Å².